The van der Waals surface area contributed by atoms with Gasteiger partial charge in [-0.15, -0.1) is 0 Å². The first-order valence-corrected chi connectivity index (χ1v) is 6.78. The summed E-state index contributed by atoms with van der Waals surface area (Å²) in [7, 11) is 0. The molecule has 21 heavy (non-hydrogen) atoms. The molecule has 0 aliphatic heterocycles. The Bertz CT molecular complexity index is 784. The second-order valence-corrected chi connectivity index (χ2v) is 4.83. The van der Waals surface area contributed by atoms with E-state index in [9.17, 15) is 4.79 Å². The fourth-order valence-electron chi connectivity index (χ4n) is 2.26. The van der Waals surface area contributed by atoms with E-state index < -0.39 is 0 Å². The van der Waals surface area contributed by atoms with Crippen LogP contribution < -0.4 is 5.32 Å². The van der Waals surface area contributed by atoms with Gasteiger partial charge in [0, 0.05) is 17.3 Å². The molecule has 0 aliphatic carbocycles. The smallest absolute Gasteiger partial charge is 0.252 e. The van der Waals surface area contributed by atoms with Gasteiger partial charge < -0.3 is 5.32 Å². The molecular formula is C17H15N3O. The number of amides is 1. The molecule has 0 aliphatic rings. The molecule has 0 unspecified atom stereocenters. The van der Waals surface area contributed by atoms with E-state index in [0.717, 1.165) is 22.3 Å². The molecule has 0 bridgehead atoms. The largest absolute Gasteiger partial charge is 0.346 e. The first-order chi connectivity index (χ1) is 10.2. The third-order valence-corrected chi connectivity index (χ3v) is 3.25. The van der Waals surface area contributed by atoms with Gasteiger partial charge in [0.2, 0.25) is 0 Å². The van der Waals surface area contributed by atoms with Gasteiger partial charge >= 0.3 is 0 Å². The molecule has 1 N–H and O–H groups in total. The van der Waals surface area contributed by atoms with Crippen molar-refractivity contribution >= 4 is 16.8 Å². The maximum absolute atomic E-state index is 12.4. The van der Waals surface area contributed by atoms with Crippen LogP contribution >= 0.6 is 0 Å². The molecule has 0 spiro atoms. The normalized spacial score (nSPS) is 10.5. The molecule has 0 radical (unpaired) electrons. The summed E-state index contributed by atoms with van der Waals surface area (Å²) < 4.78 is 0. The summed E-state index contributed by atoms with van der Waals surface area (Å²) in [5.74, 6) is -0.109. The van der Waals surface area contributed by atoms with Crippen LogP contribution in [0.1, 0.15) is 21.7 Å². The number of aromatic nitrogens is 2. The van der Waals surface area contributed by atoms with Crippen LogP contribution in [0.2, 0.25) is 0 Å². The first kappa shape index (κ1) is 13.2. The molecule has 1 aromatic carbocycles. The maximum Gasteiger partial charge on any atom is 0.252 e. The van der Waals surface area contributed by atoms with Crippen LogP contribution in [0.5, 0.6) is 0 Å². The average Bonchev–Trinajstić information content (AvgIpc) is 2.52. The number of fused-ring (bicyclic) bond motifs is 1. The lowest BCUT2D eigenvalue weighted by Crippen LogP contribution is -2.23. The SMILES string of the molecule is Cc1cc(C(=O)NCc2ccccn2)c2ccccc2n1. The van der Waals surface area contributed by atoms with Crippen molar-refractivity contribution in [3.63, 3.8) is 0 Å². The highest BCUT2D eigenvalue weighted by Gasteiger charge is 2.11. The number of carbonyl (C=O) groups excluding carboxylic acids is 1. The minimum absolute atomic E-state index is 0.109. The predicted octanol–water partition coefficient (Wildman–Crippen LogP) is 2.87. The molecule has 0 fully saturated rings. The van der Waals surface area contributed by atoms with Crippen molar-refractivity contribution < 1.29 is 4.79 Å². The zero-order valence-corrected chi connectivity index (χ0v) is 11.7. The summed E-state index contributed by atoms with van der Waals surface area (Å²) in [6.45, 7) is 2.30. The second-order valence-electron chi connectivity index (χ2n) is 4.83. The minimum Gasteiger partial charge on any atom is -0.346 e. The number of carbonyl (C=O) groups is 1. The quantitative estimate of drug-likeness (QED) is 0.801. The standard InChI is InChI=1S/C17H15N3O/c1-12-10-15(14-7-2-3-8-16(14)20-12)17(21)19-11-13-6-4-5-9-18-13/h2-10H,11H2,1H3,(H,19,21). The molecule has 104 valence electrons. The number of hydrogen-bond acceptors (Lipinski definition) is 3. The molecule has 4 heteroatoms. The zero-order valence-electron chi connectivity index (χ0n) is 11.7. The Kier molecular flexibility index (Phi) is 3.60. The fourth-order valence-corrected chi connectivity index (χ4v) is 2.26. The number of hydrogen-bond donors (Lipinski definition) is 1. The van der Waals surface area contributed by atoms with Crippen LogP contribution in [0.4, 0.5) is 0 Å². The highest BCUT2D eigenvalue weighted by molar-refractivity contribution is 6.06. The van der Waals surface area contributed by atoms with E-state index >= 15 is 0 Å². The van der Waals surface area contributed by atoms with E-state index in [1.54, 1.807) is 6.20 Å². The molecule has 0 saturated heterocycles. The number of para-hydroxylation sites is 1. The Labute approximate surface area is 122 Å². The van der Waals surface area contributed by atoms with Gasteiger partial charge in [0.1, 0.15) is 0 Å². The molecule has 2 aromatic heterocycles. The number of rotatable bonds is 3. The van der Waals surface area contributed by atoms with Gasteiger partial charge in [-0.25, -0.2) is 0 Å². The molecule has 4 nitrogen and oxygen atoms in total. The molecule has 2 heterocycles. The molecule has 0 saturated carbocycles. The molecule has 3 rings (SSSR count). The fraction of sp³-hybridized carbons (Fsp3) is 0.118. The lowest BCUT2D eigenvalue weighted by Gasteiger charge is -2.08. The predicted molar refractivity (Wildman–Crippen MR) is 81.9 cm³/mol. The van der Waals surface area contributed by atoms with Crippen molar-refractivity contribution in [2.24, 2.45) is 0 Å². The first-order valence-electron chi connectivity index (χ1n) is 6.78. The van der Waals surface area contributed by atoms with Gasteiger partial charge in [-0.05, 0) is 31.2 Å². The van der Waals surface area contributed by atoms with Gasteiger partial charge in [-0.1, -0.05) is 24.3 Å². The summed E-state index contributed by atoms with van der Waals surface area (Å²) in [4.78, 5) is 21.1. The van der Waals surface area contributed by atoms with Crippen LogP contribution in [0.3, 0.4) is 0 Å². The van der Waals surface area contributed by atoms with Crippen LogP contribution in [0, 0.1) is 6.92 Å². The van der Waals surface area contributed by atoms with E-state index in [0.29, 0.717) is 12.1 Å². The Balaban J connectivity index is 1.88. The van der Waals surface area contributed by atoms with Crippen LogP contribution in [-0.2, 0) is 6.54 Å². The zero-order chi connectivity index (χ0) is 14.7. The summed E-state index contributed by atoms with van der Waals surface area (Å²) in [5, 5.41) is 3.77. The highest BCUT2D eigenvalue weighted by Crippen LogP contribution is 2.18. The van der Waals surface area contributed by atoms with Crippen molar-refractivity contribution in [2.75, 3.05) is 0 Å². The number of nitrogens with one attached hydrogen (secondary N) is 1. The van der Waals surface area contributed by atoms with Crippen LogP contribution in [0.25, 0.3) is 10.9 Å². The van der Waals surface area contributed by atoms with Crippen molar-refractivity contribution in [3.8, 4) is 0 Å². The summed E-state index contributed by atoms with van der Waals surface area (Å²) in [5.41, 5.74) is 3.15. The van der Waals surface area contributed by atoms with Gasteiger partial charge in [-0.2, -0.15) is 0 Å². The average molecular weight is 277 g/mol. The van der Waals surface area contributed by atoms with E-state index in [1.807, 2.05) is 55.5 Å². The van der Waals surface area contributed by atoms with E-state index in [-0.39, 0.29) is 5.91 Å². The number of pyridine rings is 2. The Morgan fingerprint density at radius 1 is 1.14 bits per heavy atom. The molecule has 0 atom stereocenters. The third-order valence-electron chi connectivity index (χ3n) is 3.25. The molecule has 3 aromatic rings. The lowest BCUT2D eigenvalue weighted by atomic mass is 10.1. The highest BCUT2D eigenvalue weighted by atomic mass is 16.1. The molecule has 1 amide bonds. The van der Waals surface area contributed by atoms with Gasteiger partial charge in [0.25, 0.3) is 5.91 Å². The maximum atomic E-state index is 12.4. The third kappa shape index (κ3) is 2.89. The lowest BCUT2D eigenvalue weighted by molar-refractivity contribution is 0.0952. The van der Waals surface area contributed by atoms with Gasteiger partial charge in [0.15, 0.2) is 0 Å². The number of nitrogens with zero attached hydrogens (tertiary/aromatic N) is 2. The van der Waals surface area contributed by atoms with Crippen LogP contribution in [-0.4, -0.2) is 15.9 Å². The topological polar surface area (TPSA) is 54.9 Å². The van der Waals surface area contributed by atoms with Crippen molar-refractivity contribution in [1.29, 1.82) is 0 Å². The van der Waals surface area contributed by atoms with Crippen molar-refractivity contribution in [3.05, 3.63) is 71.7 Å². The number of aryl methyl sites for hydroxylation is 1. The van der Waals surface area contributed by atoms with Crippen LogP contribution in [0.15, 0.2) is 54.7 Å². The van der Waals surface area contributed by atoms with Crippen molar-refractivity contribution in [2.45, 2.75) is 13.5 Å². The Hall–Kier alpha value is -2.75. The van der Waals surface area contributed by atoms with E-state index in [1.165, 1.54) is 0 Å². The van der Waals surface area contributed by atoms with Gasteiger partial charge in [-0.3, -0.25) is 14.8 Å². The van der Waals surface area contributed by atoms with Crippen molar-refractivity contribution in [1.82, 2.24) is 15.3 Å². The summed E-state index contributed by atoms with van der Waals surface area (Å²) in [6, 6.07) is 15.1. The molecular weight excluding hydrogens is 262 g/mol. The second kappa shape index (κ2) is 5.71. The van der Waals surface area contributed by atoms with Gasteiger partial charge in [0.05, 0.1) is 23.3 Å². The Morgan fingerprint density at radius 2 is 1.95 bits per heavy atom. The summed E-state index contributed by atoms with van der Waals surface area (Å²) in [6.07, 6.45) is 1.72. The van der Waals surface area contributed by atoms with E-state index in [4.69, 9.17) is 0 Å². The minimum atomic E-state index is -0.109. The Morgan fingerprint density at radius 3 is 2.76 bits per heavy atom. The van der Waals surface area contributed by atoms with E-state index in [2.05, 4.69) is 15.3 Å². The number of benzene rings is 1. The monoisotopic (exact) mass is 277 g/mol. The summed E-state index contributed by atoms with van der Waals surface area (Å²) >= 11 is 0.